The average molecular weight is 255 g/mol. The fraction of sp³-hybridized carbons (Fsp3) is 1.00. The molecule has 0 radical (unpaired) electrons. The van der Waals surface area contributed by atoms with Crippen molar-refractivity contribution in [2.24, 2.45) is 11.8 Å². The molecule has 3 N–H and O–H groups in total. The minimum Gasteiger partial charge on any atom is -0.296 e. The van der Waals surface area contributed by atoms with Crippen LogP contribution in [0.4, 0.5) is 0 Å². The van der Waals surface area contributed by atoms with Gasteiger partial charge in [0.25, 0.3) is 0 Å². The summed E-state index contributed by atoms with van der Waals surface area (Å²) in [5, 5.41) is 0. The van der Waals surface area contributed by atoms with E-state index in [-0.39, 0.29) is 5.54 Å². The minimum atomic E-state index is 0.207. The molecule has 3 nitrogen and oxygen atoms in total. The molecule has 0 spiro atoms. The molecule has 1 fully saturated rings. The molecule has 1 saturated heterocycles. The average Bonchev–Trinajstić information content (AvgIpc) is 2.44. The van der Waals surface area contributed by atoms with Crippen LogP contribution >= 0.6 is 0 Å². The van der Waals surface area contributed by atoms with Gasteiger partial charge < -0.3 is 0 Å². The molecule has 1 aliphatic rings. The van der Waals surface area contributed by atoms with Gasteiger partial charge >= 0.3 is 0 Å². The van der Waals surface area contributed by atoms with Crippen LogP contribution in [0.5, 0.6) is 0 Å². The first-order valence-electron chi connectivity index (χ1n) is 7.79. The lowest BCUT2D eigenvalue weighted by molar-refractivity contribution is 0.0354. The van der Waals surface area contributed by atoms with Crippen LogP contribution in [0.2, 0.25) is 0 Å². The van der Waals surface area contributed by atoms with Gasteiger partial charge in [-0.3, -0.25) is 16.2 Å². The summed E-state index contributed by atoms with van der Waals surface area (Å²) in [7, 11) is 0. The van der Waals surface area contributed by atoms with E-state index in [1.165, 1.54) is 45.2 Å². The SMILES string of the molecule is CCC(C)CC(NN)C(C)(CC)N1CCCCC1. The summed E-state index contributed by atoms with van der Waals surface area (Å²) < 4.78 is 0. The minimum absolute atomic E-state index is 0.207. The number of hydrogen-bond donors (Lipinski definition) is 2. The lowest BCUT2D eigenvalue weighted by Crippen LogP contribution is -2.62. The van der Waals surface area contributed by atoms with Gasteiger partial charge in [0.05, 0.1) is 0 Å². The van der Waals surface area contributed by atoms with Crippen molar-refractivity contribution in [3.63, 3.8) is 0 Å². The second kappa shape index (κ2) is 7.46. The van der Waals surface area contributed by atoms with Crippen molar-refractivity contribution in [3.8, 4) is 0 Å². The quantitative estimate of drug-likeness (QED) is 0.543. The third-order valence-electron chi connectivity index (χ3n) is 5.08. The Morgan fingerprint density at radius 2 is 1.83 bits per heavy atom. The van der Waals surface area contributed by atoms with Crippen molar-refractivity contribution in [1.29, 1.82) is 0 Å². The van der Waals surface area contributed by atoms with Crippen molar-refractivity contribution >= 4 is 0 Å². The number of nitrogens with one attached hydrogen (secondary N) is 1. The number of likely N-dealkylation sites (tertiary alicyclic amines) is 1. The van der Waals surface area contributed by atoms with E-state index in [1.807, 2.05) is 0 Å². The van der Waals surface area contributed by atoms with Gasteiger partial charge in [-0.05, 0) is 51.6 Å². The molecule has 1 rings (SSSR count). The predicted molar refractivity (Wildman–Crippen MR) is 79.3 cm³/mol. The maximum absolute atomic E-state index is 5.87. The van der Waals surface area contributed by atoms with E-state index in [0.29, 0.717) is 6.04 Å². The zero-order valence-electron chi connectivity index (χ0n) is 12.8. The molecule has 1 aliphatic heterocycles. The Hall–Kier alpha value is -0.120. The number of rotatable bonds is 7. The maximum atomic E-state index is 5.87. The van der Waals surface area contributed by atoms with Gasteiger partial charge in [-0.2, -0.15) is 0 Å². The fourth-order valence-electron chi connectivity index (χ4n) is 3.17. The van der Waals surface area contributed by atoms with E-state index in [0.717, 1.165) is 12.3 Å². The molecule has 0 bridgehead atoms. The van der Waals surface area contributed by atoms with Gasteiger partial charge in [0.2, 0.25) is 0 Å². The van der Waals surface area contributed by atoms with E-state index >= 15 is 0 Å². The molecule has 3 unspecified atom stereocenters. The van der Waals surface area contributed by atoms with Crippen molar-refractivity contribution in [3.05, 3.63) is 0 Å². The van der Waals surface area contributed by atoms with Crippen LogP contribution in [0.25, 0.3) is 0 Å². The molecular formula is C15H33N3. The van der Waals surface area contributed by atoms with Crippen LogP contribution in [-0.4, -0.2) is 29.6 Å². The highest BCUT2D eigenvalue weighted by molar-refractivity contribution is 4.96. The van der Waals surface area contributed by atoms with Crippen LogP contribution in [-0.2, 0) is 0 Å². The summed E-state index contributed by atoms with van der Waals surface area (Å²) in [6, 6.07) is 0.399. The third-order valence-corrected chi connectivity index (χ3v) is 5.08. The summed E-state index contributed by atoms with van der Waals surface area (Å²) in [5.41, 5.74) is 3.32. The number of piperidine rings is 1. The fourth-order valence-corrected chi connectivity index (χ4v) is 3.17. The van der Waals surface area contributed by atoms with Gasteiger partial charge in [0, 0.05) is 11.6 Å². The van der Waals surface area contributed by atoms with Crippen LogP contribution in [0.15, 0.2) is 0 Å². The Bertz CT molecular complexity index is 226. The van der Waals surface area contributed by atoms with Gasteiger partial charge in [0.1, 0.15) is 0 Å². The van der Waals surface area contributed by atoms with Gasteiger partial charge in [-0.15, -0.1) is 0 Å². The lowest BCUT2D eigenvalue weighted by Gasteiger charge is -2.48. The highest BCUT2D eigenvalue weighted by Crippen LogP contribution is 2.30. The second-order valence-corrected chi connectivity index (χ2v) is 6.23. The molecular weight excluding hydrogens is 222 g/mol. The van der Waals surface area contributed by atoms with Crippen LogP contribution in [0, 0.1) is 5.92 Å². The number of nitrogens with zero attached hydrogens (tertiary/aromatic N) is 1. The standard InChI is InChI=1S/C15H33N3/c1-5-13(3)12-14(17-16)15(4,6-2)18-10-8-7-9-11-18/h13-14,17H,5-12,16H2,1-4H3. The zero-order chi connectivity index (χ0) is 13.6. The van der Waals surface area contributed by atoms with E-state index < -0.39 is 0 Å². The van der Waals surface area contributed by atoms with Gasteiger partial charge in [-0.25, -0.2) is 0 Å². The molecule has 0 aromatic carbocycles. The van der Waals surface area contributed by atoms with Crippen molar-refractivity contribution in [2.45, 2.75) is 77.8 Å². The Morgan fingerprint density at radius 3 is 2.28 bits per heavy atom. The van der Waals surface area contributed by atoms with Crippen molar-refractivity contribution in [1.82, 2.24) is 10.3 Å². The third kappa shape index (κ3) is 3.69. The smallest absolute Gasteiger partial charge is 0.0394 e. The van der Waals surface area contributed by atoms with Crippen molar-refractivity contribution in [2.75, 3.05) is 13.1 Å². The van der Waals surface area contributed by atoms with E-state index in [1.54, 1.807) is 0 Å². The molecule has 18 heavy (non-hydrogen) atoms. The number of nitrogens with two attached hydrogens (primary N) is 1. The van der Waals surface area contributed by atoms with Crippen LogP contribution in [0.3, 0.4) is 0 Å². The lowest BCUT2D eigenvalue weighted by atomic mass is 9.81. The first-order chi connectivity index (χ1) is 8.58. The summed E-state index contributed by atoms with van der Waals surface area (Å²) in [6.07, 6.45) is 7.65. The number of hydrazine groups is 1. The van der Waals surface area contributed by atoms with E-state index in [4.69, 9.17) is 5.84 Å². The van der Waals surface area contributed by atoms with Crippen LogP contribution in [0.1, 0.15) is 66.2 Å². The maximum Gasteiger partial charge on any atom is 0.0394 e. The molecule has 3 heteroatoms. The molecule has 0 saturated carbocycles. The summed E-state index contributed by atoms with van der Waals surface area (Å²) in [4.78, 5) is 2.67. The molecule has 108 valence electrons. The molecule has 1 heterocycles. The van der Waals surface area contributed by atoms with Gasteiger partial charge in [0.15, 0.2) is 0 Å². The highest BCUT2D eigenvalue weighted by atomic mass is 15.3. The summed E-state index contributed by atoms with van der Waals surface area (Å²) >= 11 is 0. The highest BCUT2D eigenvalue weighted by Gasteiger charge is 2.38. The van der Waals surface area contributed by atoms with E-state index in [9.17, 15) is 0 Å². The summed E-state index contributed by atoms with van der Waals surface area (Å²) in [6.45, 7) is 11.8. The zero-order valence-corrected chi connectivity index (χ0v) is 12.8. The monoisotopic (exact) mass is 255 g/mol. The second-order valence-electron chi connectivity index (χ2n) is 6.23. The molecule has 3 atom stereocenters. The topological polar surface area (TPSA) is 41.3 Å². The number of hydrogen-bond acceptors (Lipinski definition) is 3. The van der Waals surface area contributed by atoms with Crippen LogP contribution < -0.4 is 11.3 Å². The molecule has 0 aliphatic carbocycles. The van der Waals surface area contributed by atoms with Crippen molar-refractivity contribution < 1.29 is 0 Å². The Balaban J connectivity index is 2.74. The normalized spacial score (nSPS) is 24.5. The van der Waals surface area contributed by atoms with Gasteiger partial charge in [-0.1, -0.05) is 33.6 Å². The molecule has 0 aromatic heterocycles. The first-order valence-corrected chi connectivity index (χ1v) is 7.79. The largest absolute Gasteiger partial charge is 0.296 e. The molecule has 0 amide bonds. The Morgan fingerprint density at radius 1 is 1.22 bits per heavy atom. The summed E-state index contributed by atoms with van der Waals surface area (Å²) in [5.74, 6) is 6.61. The molecule has 0 aromatic rings. The Labute approximate surface area is 113 Å². The van der Waals surface area contributed by atoms with E-state index in [2.05, 4.69) is 38.0 Å². The predicted octanol–water partition coefficient (Wildman–Crippen LogP) is 2.91. The first kappa shape index (κ1) is 15.9. The Kier molecular flexibility index (Phi) is 6.61.